The van der Waals surface area contributed by atoms with Crippen LogP contribution in [0.5, 0.6) is 5.75 Å². The second kappa shape index (κ2) is 10.0. The Morgan fingerprint density at radius 1 is 1.17 bits per heavy atom. The minimum absolute atomic E-state index is 0.102. The zero-order chi connectivity index (χ0) is 20.8. The van der Waals surface area contributed by atoms with E-state index < -0.39 is 5.97 Å². The topological polar surface area (TPSA) is 55.8 Å². The van der Waals surface area contributed by atoms with Crippen molar-refractivity contribution >= 4 is 57.9 Å². The molecule has 2 aromatic rings. The fraction of sp³-hybridized carbons (Fsp3) is 0.190. The van der Waals surface area contributed by atoms with E-state index in [4.69, 9.17) is 33.3 Å². The molecule has 29 heavy (non-hydrogen) atoms. The summed E-state index contributed by atoms with van der Waals surface area (Å²) in [5.41, 5.74) is 1.23. The van der Waals surface area contributed by atoms with E-state index in [2.05, 4.69) is 0 Å². The highest BCUT2D eigenvalue weighted by Gasteiger charge is 2.31. The monoisotopic (exact) mass is 447 g/mol. The number of thioether (sulfide) groups is 1. The zero-order valence-corrected chi connectivity index (χ0v) is 18.0. The second-order valence-corrected chi connectivity index (χ2v) is 8.26. The van der Waals surface area contributed by atoms with Gasteiger partial charge in [0.1, 0.15) is 10.1 Å². The summed E-state index contributed by atoms with van der Waals surface area (Å²) < 4.78 is 10.9. The zero-order valence-electron chi connectivity index (χ0n) is 15.6. The molecule has 1 saturated heterocycles. The van der Waals surface area contributed by atoms with Gasteiger partial charge in [0.25, 0.3) is 5.91 Å². The van der Waals surface area contributed by atoms with Crippen molar-refractivity contribution in [3.05, 3.63) is 69.6 Å². The fourth-order valence-electron chi connectivity index (χ4n) is 2.60. The Labute approximate surface area is 183 Å². The molecule has 0 spiro atoms. The van der Waals surface area contributed by atoms with Gasteiger partial charge >= 0.3 is 5.97 Å². The lowest BCUT2D eigenvalue weighted by Gasteiger charge is -2.13. The number of hydrogen-bond donors (Lipinski definition) is 0. The number of amides is 1. The number of carbonyl (C=O) groups excluding carboxylic acids is 2. The quantitative estimate of drug-likeness (QED) is 0.200. The lowest BCUT2D eigenvalue weighted by Crippen LogP contribution is -2.29. The van der Waals surface area contributed by atoms with E-state index in [1.807, 2.05) is 0 Å². The lowest BCUT2D eigenvalue weighted by atomic mass is 10.2. The molecule has 0 atom stereocenters. The molecule has 1 heterocycles. The molecule has 1 amide bonds. The Morgan fingerprint density at radius 3 is 2.52 bits per heavy atom. The maximum atomic E-state index is 12.5. The van der Waals surface area contributed by atoms with Gasteiger partial charge < -0.3 is 9.47 Å². The number of benzene rings is 2. The molecule has 5 nitrogen and oxygen atoms in total. The third kappa shape index (κ3) is 5.67. The molecular weight excluding hydrogens is 430 g/mol. The number of halogens is 1. The van der Waals surface area contributed by atoms with Crippen LogP contribution in [0.1, 0.15) is 22.3 Å². The first-order valence-electron chi connectivity index (χ1n) is 8.80. The van der Waals surface area contributed by atoms with E-state index in [0.29, 0.717) is 38.7 Å². The predicted molar refractivity (Wildman–Crippen MR) is 119 cm³/mol. The van der Waals surface area contributed by atoms with Crippen LogP contribution >= 0.6 is 35.6 Å². The molecule has 0 aliphatic carbocycles. The van der Waals surface area contributed by atoms with Crippen LogP contribution < -0.4 is 4.74 Å². The summed E-state index contributed by atoms with van der Waals surface area (Å²) in [6, 6.07) is 13.4. The maximum absolute atomic E-state index is 12.5. The second-order valence-electron chi connectivity index (χ2n) is 6.15. The van der Waals surface area contributed by atoms with Crippen LogP contribution in [0.25, 0.3) is 6.08 Å². The molecular formula is C21H18ClNO4S2. The van der Waals surface area contributed by atoms with Gasteiger partial charge in [-0.3, -0.25) is 9.69 Å². The van der Waals surface area contributed by atoms with Gasteiger partial charge in [0, 0.05) is 25.3 Å². The minimum atomic E-state index is -0.466. The third-order valence-corrected chi connectivity index (χ3v) is 5.70. The summed E-state index contributed by atoms with van der Waals surface area (Å²) in [6.07, 6.45) is 2.50. The summed E-state index contributed by atoms with van der Waals surface area (Å²) >= 11 is 12.4. The maximum Gasteiger partial charge on any atom is 0.343 e. The number of ether oxygens (including phenoxy) is 2. The van der Waals surface area contributed by atoms with E-state index in [1.54, 1.807) is 66.6 Å². The van der Waals surface area contributed by atoms with Crippen LogP contribution in [0.4, 0.5) is 0 Å². The number of carbonyl (C=O) groups is 2. The van der Waals surface area contributed by atoms with Crippen molar-refractivity contribution in [2.24, 2.45) is 0 Å². The Kier molecular flexibility index (Phi) is 7.44. The van der Waals surface area contributed by atoms with Crippen molar-refractivity contribution in [2.75, 3.05) is 20.3 Å². The number of nitrogens with zero attached hydrogens (tertiary/aromatic N) is 1. The van der Waals surface area contributed by atoms with Crippen LogP contribution in [0, 0.1) is 0 Å². The molecule has 2 aromatic carbocycles. The van der Waals surface area contributed by atoms with E-state index >= 15 is 0 Å². The number of rotatable bonds is 7. The van der Waals surface area contributed by atoms with E-state index in [0.717, 1.165) is 12.0 Å². The first kappa shape index (κ1) is 21.5. The van der Waals surface area contributed by atoms with Crippen LogP contribution in [0.3, 0.4) is 0 Å². The fourth-order valence-corrected chi connectivity index (χ4v) is 4.03. The smallest absolute Gasteiger partial charge is 0.343 e. The van der Waals surface area contributed by atoms with Crippen molar-refractivity contribution < 1.29 is 19.1 Å². The normalized spacial score (nSPS) is 15.2. The van der Waals surface area contributed by atoms with Crippen molar-refractivity contribution in [3.8, 4) is 5.75 Å². The number of thiocarbonyl (C=S) groups is 1. The predicted octanol–water partition coefficient (Wildman–Crippen LogP) is 4.80. The van der Waals surface area contributed by atoms with E-state index in [1.165, 1.54) is 11.8 Å². The Bertz CT molecular complexity index is 942. The highest BCUT2D eigenvalue weighted by atomic mass is 35.5. The summed E-state index contributed by atoms with van der Waals surface area (Å²) in [4.78, 5) is 26.9. The first-order valence-corrected chi connectivity index (χ1v) is 10.4. The minimum Gasteiger partial charge on any atom is -0.423 e. The van der Waals surface area contributed by atoms with Gasteiger partial charge in [-0.1, -0.05) is 47.7 Å². The molecule has 0 aromatic heterocycles. The molecule has 0 unspecified atom stereocenters. The van der Waals surface area contributed by atoms with E-state index in [9.17, 15) is 9.59 Å². The SMILES string of the molecule is COCCCN1C(=O)/C(=C\c2ccc(OC(=O)c3ccc(Cl)cc3)cc2)SC1=S. The first-order chi connectivity index (χ1) is 14.0. The molecule has 0 radical (unpaired) electrons. The Balaban J connectivity index is 1.64. The molecule has 0 saturated carbocycles. The number of methoxy groups -OCH3 is 1. The summed E-state index contributed by atoms with van der Waals surface area (Å²) in [5, 5.41) is 0.551. The number of esters is 1. The molecule has 1 aliphatic rings. The molecule has 0 bridgehead atoms. The number of hydrogen-bond acceptors (Lipinski definition) is 6. The largest absolute Gasteiger partial charge is 0.423 e. The van der Waals surface area contributed by atoms with Crippen LogP contribution in [-0.2, 0) is 9.53 Å². The molecule has 1 aliphatic heterocycles. The highest BCUT2D eigenvalue weighted by Crippen LogP contribution is 2.32. The lowest BCUT2D eigenvalue weighted by molar-refractivity contribution is -0.122. The highest BCUT2D eigenvalue weighted by molar-refractivity contribution is 8.26. The van der Waals surface area contributed by atoms with Gasteiger partial charge in [-0.05, 0) is 54.5 Å². The van der Waals surface area contributed by atoms with Crippen molar-refractivity contribution in [1.82, 2.24) is 4.90 Å². The van der Waals surface area contributed by atoms with Crippen molar-refractivity contribution in [1.29, 1.82) is 0 Å². The summed E-state index contributed by atoms with van der Waals surface area (Å²) in [6.45, 7) is 1.11. The summed E-state index contributed by atoms with van der Waals surface area (Å²) in [5.74, 6) is -0.157. The molecule has 150 valence electrons. The standard InChI is InChI=1S/C21H18ClNO4S2/c1-26-12-2-11-23-19(24)18(29-21(23)28)13-14-3-9-17(10-4-14)27-20(25)15-5-7-16(22)8-6-15/h3-10,13H,2,11-12H2,1H3/b18-13+. The van der Waals surface area contributed by atoms with Crippen molar-refractivity contribution in [3.63, 3.8) is 0 Å². The van der Waals surface area contributed by atoms with Gasteiger partial charge in [0.15, 0.2) is 0 Å². The van der Waals surface area contributed by atoms with Gasteiger partial charge in [0.05, 0.1) is 10.5 Å². The van der Waals surface area contributed by atoms with Crippen LogP contribution in [0.2, 0.25) is 5.02 Å². The van der Waals surface area contributed by atoms with Crippen LogP contribution in [0.15, 0.2) is 53.4 Å². The van der Waals surface area contributed by atoms with E-state index in [-0.39, 0.29) is 5.91 Å². The molecule has 1 fully saturated rings. The van der Waals surface area contributed by atoms with Gasteiger partial charge in [-0.25, -0.2) is 4.79 Å². The average molecular weight is 448 g/mol. The summed E-state index contributed by atoms with van der Waals surface area (Å²) in [7, 11) is 1.63. The average Bonchev–Trinajstić information content (AvgIpc) is 2.97. The molecule has 0 N–H and O–H groups in total. The van der Waals surface area contributed by atoms with Gasteiger partial charge in [0.2, 0.25) is 0 Å². The molecule has 3 rings (SSSR count). The van der Waals surface area contributed by atoms with Crippen LogP contribution in [-0.4, -0.2) is 41.4 Å². The van der Waals surface area contributed by atoms with Gasteiger partial charge in [-0.2, -0.15) is 0 Å². The van der Waals surface area contributed by atoms with Gasteiger partial charge in [-0.15, -0.1) is 0 Å². The molecule has 8 heteroatoms. The Hall–Kier alpha value is -2.19. The Morgan fingerprint density at radius 2 is 1.86 bits per heavy atom. The third-order valence-electron chi connectivity index (χ3n) is 4.07. The van der Waals surface area contributed by atoms with Crippen molar-refractivity contribution in [2.45, 2.75) is 6.42 Å².